The van der Waals surface area contributed by atoms with Crippen LogP contribution in [0.15, 0.2) is 22.7 Å². The fourth-order valence-electron chi connectivity index (χ4n) is 2.27. The summed E-state index contributed by atoms with van der Waals surface area (Å²) in [5.74, 6) is 0.729. The van der Waals surface area contributed by atoms with E-state index in [0.29, 0.717) is 18.9 Å². The average molecular weight is 362 g/mol. The van der Waals surface area contributed by atoms with Gasteiger partial charge in [0.05, 0.1) is 0 Å². The van der Waals surface area contributed by atoms with Gasteiger partial charge in [0.15, 0.2) is 0 Å². The quantitative estimate of drug-likeness (QED) is 0.818. The van der Waals surface area contributed by atoms with Gasteiger partial charge in [-0.15, -0.1) is 12.4 Å². The zero-order valence-electron chi connectivity index (χ0n) is 11.7. The number of nitrogens with two attached hydrogens (primary N) is 1. The van der Waals surface area contributed by atoms with E-state index >= 15 is 0 Å². The van der Waals surface area contributed by atoms with Crippen LogP contribution in [0.4, 0.5) is 0 Å². The largest absolute Gasteiger partial charge is 0.352 e. The molecule has 1 aliphatic rings. The zero-order chi connectivity index (χ0) is 13.8. The normalized spacial score (nSPS) is 15.3. The molecule has 0 aromatic heterocycles. The molecule has 1 atom stereocenters. The molecule has 0 heterocycles. The Bertz CT molecular complexity index is 463. The Morgan fingerprint density at radius 2 is 2.20 bits per heavy atom. The third kappa shape index (κ3) is 5.08. The summed E-state index contributed by atoms with van der Waals surface area (Å²) in [4.78, 5) is 11.9. The van der Waals surface area contributed by atoms with Gasteiger partial charge in [-0.2, -0.15) is 0 Å². The summed E-state index contributed by atoms with van der Waals surface area (Å²) in [6, 6.07) is 6.40. The number of aryl methyl sites for hydroxylation is 2. The van der Waals surface area contributed by atoms with Gasteiger partial charge in [0.1, 0.15) is 0 Å². The van der Waals surface area contributed by atoms with Crippen molar-refractivity contribution in [2.75, 3.05) is 6.54 Å². The van der Waals surface area contributed by atoms with Crippen LogP contribution in [-0.4, -0.2) is 18.5 Å². The topological polar surface area (TPSA) is 55.1 Å². The number of rotatable bonds is 6. The van der Waals surface area contributed by atoms with Gasteiger partial charge in [-0.25, -0.2) is 0 Å². The summed E-state index contributed by atoms with van der Waals surface area (Å²) in [6.45, 7) is 2.61. The number of carbonyl (C=O) groups is 1. The summed E-state index contributed by atoms with van der Waals surface area (Å²) >= 11 is 3.48. The molecule has 1 aromatic rings. The Hall–Kier alpha value is -0.580. The number of benzene rings is 1. The van der Waals surface area contributed by atoms with Gasteiger partial charge < -0.3 is 11.1 Å². The Morgan fingerprint density at radius 1 is 1.50 bits per heavy atom. The summed E-state index contributed by atoms with van der Waals surface area (Å²) in [5, 5.41) is 3.05. The van der Waals surface area contributed by atoms with E-state index in [9.17, 15) is 4.79 Å². The predicted molar refractivity (Wildman–Crippen MR) is 88.2 cm³/mol. The van der Waals surface area contributed by atoms with E-state index in [1.165, 1.54) is 24.0 Å². The zero-order valence-corrected chi connectivity index (χ0v) is 14.1. The lowest BCUT2D eigenvalue weighted by Crippen LogP contribution is -2.41. The molecular weight excluding hydrogens is 340 g/mol. The van der Waals surface area contributed by atoms with Crippen LogP contribution in [0, 0.1) is 12.8 Å². The summed E-state index contributed by atoms with van der Waals surface area (Å²) < 4.78 is 1.11. The maximum absolute atomic E-state index is 11.9. The van der Waals surface area contributed by atoms with Crippen LogP contribution in [0.25, 0.3) is 0 Å². The Labute approximate surface area is 135 Å². The SMILES string of the molecule is Cc1cc(CCC(=O)NC(CN)C2CC2)ccc1Br.Cl. The third-order valence-corrected chi connectivity index (χ3v) is 4.54. The van der Waals surface area contributed by atoms with Gasteiger partial charge in [-0.05, 0) is 49.3 Å². The van der Waals surface area contributed by atoms with Crippen LogP contribution in [0.5, 0.6) is 0 Å². The lowest BCUT2D eigenvalue weighted by Gasteiger charge is -2.16. The Balaban J connectivity index is 0.00000200. The second-order valence-corrected chi connectivity index (χ2v) is 6.19. The molecule has 3 nitrogen and oxygen atoms in total. The molecule has 1 aliphatic carbocycles. The van der Waals surface area contributed by atoms with E-state index in [1.807, 2.05) is 6.07 Å². The monoisotopic (exact) mass is 360 g/mol. The van der Waals surface area contributed by atoms with E-state index in [1.54, 1.807) is 0 Å². The highest BCUT2D eigenvalue weighted by atomic mass is 79.9. The standard InChI is InChI=1S/C15H21BrN2O.ClH/c1-10-8-11(2-6-13(10)16)3-7-15(19)18-14(9-17)12-4-5-12;/h2,6,8,12,14H,3-5,7,9,17H2,1H3,(H,18,19);1H. The Kier molecular flexibility index (Phi) is 7.00. The van der Waals surface area contributed by atoms with Crippen molar-refractivity contribution in [1.82, 2.24) is 5.32 Å². The molecule has 112 valence electrons. The second-order valence-electron chi connectivity index (χ2n) is 5.33. The number of nitrogens with one attached hydrogen (secondary N) is 1. The van der Waals surface area contributed by atoms with Gasteiger partial charge in [0.25, 0.3) is 0 Å². The van der Waals surface area contributed by atoms with Crippen LogP contribution >= 0.6 is 28.3 Å². The molecule has 1 unspecified atom stereocenters. The van der Waals surface area contributed by atoms with Crippen LogP contribution in [0.1, 0.15) is 30.4 Å². The van der Waals surface area contributed by atoms with E-state index in [2.05, 4.69) is 40.3 Å². The van der Waals surface area contributed by atoms with Crippen molar-refractivity contribution in [2.45, 2.75) is 38.6 Å². The minimum Gasteiger partial charge on any atom is -0.352 e. The third-order valence-electron chi connectivity index (χ3n) is 3.65. The number of carbonyl (C=O) groups excluding carboxylic acids is 1. The number of halogens is 2. The molecule has 5 heteroatoms. The fourth-order valence-corrected chi connectivity index (χ4v) is 2.51. The van der Waals surface area contributed by atoms with Gasteiger partial charge in [-0.3, -0.25) is 4.79 Å². The minimum absolute atomic E-state index is 0. The van der Waals surface area contributed by atoms with Crippen LogP contribution in [0.3, 0.4) is 0 Å². The summed E-state index contributed by atoms with van der Waals surface area (Å²) in [7, 11) is 0. The molecular formula is C15H22BrClN2O. The first-order valence-corrected chi connectivity index (χ1v) is 7.64. The van der Waals surface area contributed by atoms with Crippen LogP contribution in [-0.2, 0) is 11.2 Å². The molecule has 2 rings (SSSR count). The highest BCUT2D eigenvalue weighted by molar-refractivity contribution is 9.10. The molecule has 1 aromatic carbocycles. The van der Waals surface area contributed by atoms with Crippen molar-refractivity contribution in [2.24, 2.45) is 11.7 Å². The molecule has 20 heavy (non-hydrogen) atoms. The van der Waals surface area contributed by atoms with Crippen LogP contribution in [0.2, 0.25) is 0 Å². The average Bonchev–Trinajstić information content (AvgIpc) is 3.21. The van der Waals surface area contributed by atoms with E-state index in [0.717, 1.165) is 10.9 Å². The van der Waals surface area contributed by atoms with Gasteiger partial charge in [-0.1, -0.05) is 28.1 Å². The van der Waals surface area contributed by atoms with Crippen molar-refractivity contribution >= 4 is 34.2 Å². The maximum atomic E-state index is 11.9. The molecule has 0 bridgehead atoms. The van der Waals surface area contributed by atoms with E-state index < -0.39 is 0 Å². The smallest absolute Gasteiger partial charge is 0.220 e. The van der Waals surface area contributed by atoms with E-state index in [4.69, 9.17) is 5.73 Å². The molecule has 3 N–H and O–H groups in total. The lowest BCUT2D eigenvalue weighted by molar-refractivity contribution is -0.121. The molecule has 0 radical (unpaired) electrons. The molecule has 0 saturated heterocycles. The molecule has 0 aliphatic heterocycles. The highest BCUT2D eigenvalue weighted by Gasteiger charge is 2.30. The first-order valence-electron chi connectivity index (χ1n) is 6.84. The first kappa shape index (κ1) is 17.5. The highest BCUT2D eigenvalue weighted by Crippen LogP contribution is 2.32. The van der Waals surface area contributed by atoms with Gasteiger partial charge in [0, 0.05) is 23.5 Å². The molecule has 1 amide bonds. The summed E-state index contributed by atoms with van der Waals surface area (Å²) in [5.41, 5.74) is 8.09. The van der Waals surface area contributed by atoms with Crippen molar-refractivity contribution < 1.29 is 4.79 Å². The molecule has 0 spiro atoms. The fraction of sp³-hybridized carbons (Fsp3) is 0.533. The van der Waals surface area contributed by atoms with Crippen molar-refractivity contribution in [1.29, 1.82) is 0 Å². The van der Waals surface area contributed by atoms with Gasteiger partial charge >= 0.3 is 0 Å². The van der Waals surface area contributed by atoms with E-state index in [-0.39, 0.29) is 24.4 Å². The molecule has 1 saturated carbocycles. The Morgan fingerprint density at radius 3 is 2.75 bits per heavy atom. The minimum atomic E-state index is 0. The predicted octanol–water partition coefficient (Wildman–Crippen LogP) is 2.97. The van der Waals surface area contributed by atoms with Crippen molar-refractivity contribution in [3.63, 3.8) is 0 Å². The van der Waals surface area contributed by atoms with Crippen molar-refractivity contribution in [3.8, 4) is 0 Å². The summed E-state index contributed by atoms with van der Waals surface area (Å²) in [6.07, 6.45) is 3.72. The lowest BCUT2D eigenvalue weighted by atomic mass is 10.1. The maximum Gasteiger partial charge on any atom is 0.220 e. The van der Waals surface area contributed by atoms with Crippen molar-refractivity contribution in [3.05, 3.63) is 33.8 Å². The first-order chi connectivity index (χ1) is 9.10. The molecule has 1 fully saturated rings. The number of amides is 1. The van der Waals surface area contributed by atoms with Crippen LogP contribution < -0.4 is 11.1 Å². The number of hydrogen-bond donors (Lipinski definition) is 2. The number of hydrogen-bond acceptors (Lipinski definition) is 2. The van der Waals surface area contributed by atoms with Gasteiger partial charge in [0.2, 0.25) is 5.91 Å². The second kappa shape index (κ2) is 8.01.